The second-order valence-corrected chi connectivity index (χ2v) is 8.45. The first kappa shape index (κ1) is 23.2. The Labute approximate surface area is 188 Å². The van der Waals surface area contributed by atoms with E-state index in [0.717, 1.165) is 11.4 Å². The molecule has 1 aromatic carbocycles. The normalized spacial score (nSPS) is 15.4. The molecule has 0 aliphatic carbocycles. The summed E-state index contributed by atoms with van der Waals surface area (Å²) in [6.45, 7) is 11.5. The molecule has 2 atom stereocenters. The van der Waals surface area contributed by atoms with Crippen molar-refractivity contribution in [1.82, 2.24) is 9.88 Å². The number of nitriles is 1. The summed E-state index contributed by atoms with van der Waals surface area (Å²) in [5.74, 6) is 0.114. The third-order valence-corrected chi connectivity index (χ3v) is 5.86. The summed E-state index contributed by atoms with van der Waals surface area (Å²) in [7, 11) is 0. The first-order valence-corrected chi connectivity index (χ1v) is 10.6. The van der Waals surface area contributed by atoms with Crippen LogP contribution in [0.1, 0.15) is 49.4 Å². The highest BCUT2D eigenvalue weighted by Crippen LogP contribution is 2.33. The summed E-state index contributed by atoms with van der Waals surface area (Å²) in [6.07, 6.45) is -1.05. The van der Waals surface area contributed by atoms with Gasteiger partial charge in [-0.05, 0) is 51.8 Å². The van der Waals surface area contributed by atoms with Gasteiger partial charge in [0.2, 0.25) is 0 Å². The van der Waals surface area contributed by atoms with Crippen molar-refractivity contribution in [2.24, 2.45) is 5.92 Å². The van der Waals surface area contributed by atoms with Gasteiger partial charge in [0.15, 0.2) is 17.6 Å². The minimum absolute atomic E-state index is 0.107. The molecule has 1 N–H and O–H groups in total. The number of amides is 1. The maximum Gasteiger partial charge on any atom is 0.340 e. The fourth-order valence-electron chi connectivity index (χ4n) is 3.47. The molecule has 2 heterocycles. The smallest absolute Gasteiger partial charge is 0.340 e. The van der Waals surface area contributed by atoms with Crippen molar-refractivity contribution in [3.63, 3.8) is 0 Å². The molecule has 0 saturated heterocycles. The van der Waals surface area contributed by atoms with Gasteiger partial charge in [-0.2, -0.15) is 5.26 Å². The van der Waals surface area contributed by atoms with Crippen LogP contribution in [0.2, 0.25) is 0 Å². The predicted molar refractivity (Wildman–Crippen MR) is 118 cm³/mol. The first-order chi connectivity index (χ1) is 15.1. The lowest BCUT2D eigenvalue weighted by Crippen LogP contribution is -2.52. The summed E-state index contributed by atoms with van der Waals surface area (Å²) >= 11 is 0. The quantitative estimate of drug-likeness (QED) is 0.692. The number of carbonyl (C=O) groups excluding carboxylic acids is 2. The molecule has 8 heteroatoms. The number of nitrogens with zero attached hydrogens (tertiary/aromatic N) is 2. The SMILES string of the molecule is Cc1cc(C(=O)O[C@@H](C)C(=O)N[C@@](C)(C#N)C(C)C)c(C)n1-c1ccc2c(c1)OCCO2. The minimum Gasteiger partial charge on any atom is -0.486 e. The Kier molecular flexibility index (Phi) is 6.49. The molecule has 32 heavy (non-hydrogen) atoms. The third kappa shape index (κ3) is 4.42. The molecular weight excluding hydrogens is 410 g/mol. The second kappa shape index (κ2) is 8.95. The number of benzene rings is 1. The van der Waals surface area contributed by atoms with E-state index >= 15 is 0 Å². The fraction of sp³-hybridized carbons (Fsp3) is 0.458. The van der Waals surface area contributed by atoms with Crippen LogP contribution >= 0.6 is 0 Å². The number of fused-ring (bicyclic) bond motifs is 1. The summed E-state index contributed by atoms with van der Waals surface area (Å²) in [5.41, 5.74) is 1.66. The molecule has 0 saturated carbocycles. The number of carbonyl (C=O) groups is 2. The number of ether oxygens (including phenoxy) is 3. The van der Waals surface area contributed by atoms with Crippen molar-refractivity contribution in [2.45, 2.75) is 53.2 Å². The van der Waals surface area contributed by atoms with Crippen LogP contribution in [0.4, 0.5) is 0 Å². The van der Waals surface area contributed by atoms with E-state index in [1.54, 1.807) is 13.0 Å². The van der Waals surface area contributed by atoms with E-state index in [2.05, 4.69) is 11.4 Å². The van der Waals surface area contributed by atoms with Crippen molar-refractivity contribution < 1.29 is 23.8 Å². The van der Waals surface area contributed by atoms with Gasteiger partial charge in [-0.3, -0.25) is 4.79 Å². The molecule has 1 aromatic heterocycles. The largest absolute Gasteiger partial charge is 0.486 e. The summed E-state index contributed by atoms with van der Waals surface area (Å²) in [5, 5.41) is 12.1. The molecule has 0 spiro atoms. The number of aromatic nitrogens is 1. The van der Waals surface area contributed by atoms with E-state index in [9.17, 15) is 14.9 Å². The molecule has 1 amide bonds. The van der Waals surface area contributed by atoms with E-state index in [-0.39, 0.29) is 5.92 Å². The van der Waals surface area contributed by atoms with Gasteiger partial charge in [0.25, 0.3) is 5.91 Å². The zero-order valence-electron chi connectivity index (χ0n) is 19.3. The molecule has 0 fully saturated rings. The van der Waals surface area contributed by atoms with Gasteiger partial charge in [0, 0.05) is 23.1 Å². The van der Waals surface area contributed by atoms with Gasteiger partial charge in [0.05, 0.1) is 11.6 Å². The van der Waals surface area contributed by atoms with Crippen LogP contribution in [0, 0.1) is 31.1 Å². The van der Waals surface area contributed by atoms with Crippen molar-refractivity contribution in [1.29, 1.82) is 5.26 Å². The van der Waals surface area contributed by atoms with Crippen LogP contribution in [0.3, 0.4) is 0 Å². The molecule has 1 aliphatic heterocycles. The number of aryl methyl sites for hydroxylation is 1. The molecule has 8 nitrogen and oxygen atoms in total. The molecule has 0 bridgehead atoms. The molecule has 170 valence electrons. The van der Waals surface area contributed by atoms with Crippen molar-refractivity contribution >= 4 is 11.9 Å². The number of esters is 1. The molecule has 0 radical (unpaired) electrons. The van der Waals surface area contributed by atoms with Crippen LogP contribution in [0.5, 0.6) is 11.5 Å². The van der Waals surface area contributed by atoms with Gasteiger partial charge in [-0.15, -0.1) is 0 Å². The Morgan fingerprint density at radius 1 is 1.16 bits per heavy atom. The highest BCUT2D eigenvalue weighted by molar-refractivity contribution is 5.94. The van der Waals surface area contributed by atoms with Crippen LogP contribution in [-0.4, -0.2) is 41.3 Å². The molecule has 3 rings (SSSR count). The van der Waals surface area contributed by atoms with Gasteiger partial charge in [0.1, 0.15) is 18.8 Å². The van der Waals surface area contributed by atoms with E-state index in [4.69, 9.17) is 14.2 Å². The molecule has 1 aliphatic rings. The predicted octanol–water partition coefficient (Wildman–Crippen LogP) is 3.47. The number of nitrogens with one attached hydrogen (secondary N) is 1. The lowest BCUT2D eigenvalue weighted by atomic mass is 9.90. The first-order valence-electron chi connectivity index (χ1n) is 10.6. The maximum atomic E-state index is 12.9. The Bertz CT molecular complexity index is 1080. The van der Waals surface area contributed by atoms with Gasteiger partial charge >= 0.3 is 5.97 Å². The standard InChI is InChI=1S/C24H29N3O5/c1-14(2)24(6,13-25)26-22(28)17(5)32-23(29)19-11-15(3)27(16(19)4)18-7-8-20-21(12-18)31-10-9-30-20/h7-8,11-12,14,17H,9-10H2,1-6H3,(H,26,28)/t17-,24-/m0/s1. The highest BCUT2D eigenvalue weighted by atomic mass is 16.6. The highest BCUT2D eigenvalue weighted by Gasteiger charge is 2.33. The lowest BCUT2D eigenvalue weighted by Gasteiger charge is -2.28. The van der Waals surface area contributed by atoms with E-state index in [1.807, 2.05) is 50.5 Å². The van der Waals surface area contributed by atoms with Crippen molar-refractivity contribution in [3.05, 3.63) is 41.2 Å². The molecular formula is C24H29N3O5. The van der Waals surface area contributed by atoms with E-state index < -0.39 is 23.5 Å². The number of hydrogen-bond donors (Lipinski definition) is 1. The zero-order valence-corrected chi connectivity index (χ0v) is 19.3. The fourth-order valence-corrected chi connectivity index (χ4v) is 3.47. The topological polar surface area (TPSA) is 103 Å². The Morgan fingerprint density at radius 3 is 2.44 bits per heavy atom. The van der Waals surface area contributed by atoms with Crippen LogP contribution in [0.25, 0.3) is 5.69 Å². The summed E-state index contributed by atoms with van der Waals surface area (Å²) in [6, 6.07) is 9.45. The average molecular weight is 440 g/mol. The van der Waals surface area contributed by atoms with Crippen LogP contribution < -0.4 is 14.8 Å². The molecule has 0 unspecified atom stereocenters. The van der Waals surface area contributed by atoms with E-state index in [0.29, 0.717) is 36.0 Å². The second-order valence-electron chi connectivity index (χ2n) is 8.45. The monoisotopic (exact) mass is 439 g/mol. The lowest BCUT2D eigenvalue weighted by molar-refractivity contribution is -0.130. The Balaban J connectivity index is 1.79. The zero-order chi connectivity index (χ0) is 23.6. The Morgan fingerprint density at radius 2 is 1.81 bits per heavy atom. The van der Waals surface area contributed by atoms with Gasteiger partial charge in [-0.25, -0.2) is 4.79 Å². The summed E-state index contributed by atoms with van der Waals surface area (Å²) < 4.78 is 18.6. The average Bonchev–Trinajstić information content (AvgIpc) is 3.06. The summed E-state index contributed by atoms with van der Waals surface area (Å²) in [4.78, 5) is 25.4. The van der Waals surface area contributed by atoms with Crippen LogP contribution in [-0.2, 0) is 9.53 Å². The minimum atomic E-state index is -1.05. The Hall–Kier alpha value is -3.47. The number of rotatable bonds is 6. The molecule has 2 aromatic rings. The van der Waals surface area contributed by atoms with Crippen LogP contribution in [0.15, 0.2) is 24.3 Å². The third-order valence-electron chi connectivity index (χ3n) is 5.86. The van der Waals surface area contributed by atoms with E-state index in [1.165, 1.54) is 6.92 Å². The van der Waals surface area contributed by atoms with Gasteiger partial charge < -0.3 is 24.1 Å². The van der Waals surface area contributed by atoms with Crippen molar-refractivity contribution in [3.8, 4) is 23.3 Å². The van der Waals surface area contributed by atoms with Gasteiger partial charge in [-0.1, -0.05) is 13.8 Å². The maximum absolute atomic E-state index is 12.9. The van der Waals surface area contributed by atoms with Crippen molar-refractivity contribution in [2.75, 3.05) is 13.2 Å². The number of hydrogen-bond acceptors (Lipinski definition) is 6.